The minimum Gasteiger partial charge on any atom is -0.462 e. The van der Waals surface area contributed by atoms with Gasteiger partial charge in [0.1, 0.15) is 10.8 Å². The summed E-state index contributed by atoms with van der Waals surface area (Å²) in [4.78, 5) is 40.9. The summed E-state index contributed by atoms with van der Waals surface area (Å²) in [6.07, 6.45) is 0. The van der Waals surface area contributed by atoms with Gasteiger partial charge in [-0.1, -0.05) is 11.8 Å². The summed E-state index contributed by atoms with van der Waals surface area (Å²) in [5.74, 6) is -0.286. The fourth-order valence-corrected chi connectivity index (χ4v) is 4.00. The number of amides is 1. The number of nitrogens with one attached hydrogen (secondary N) is 1. The van der Waals surface area contributed by atoms with Gasteiger partial charge in [0.25, 0.3) is 5.22 Å². The lowest BCUT2D eigenvalue weighted by Gasteiger charge is -2.06. The number of esters is 1. The minimum atomic E-state index is -0.560. The molecule has 0 atom stereocenters. The Morgan fingerprint density at radius 3 is 2.50 bits per heavy atom. The number of aromatic nitrogens is 1. The molecule has 0 fully saturated rings. The summed E-state index contributed by atoms with van der Waals surface area (Å²) >= 11 is 2.23. The van der Waals surface area contributed by atoms with E-state index < -0.39 is 5.97 Å². The highest BCUT2D eigenvalue weighted by Crippen LogP contribution is 2.34. The zero-order chi connectivity index (χ0) is 19.4. The van der Waals surface area contributed by atoms with Crippen molar-refractivity contribution in [3.63, 3.8) is 0 Å². The zero-order valence-corrected chi connectivity index (χ0v) is 16.9. The highest BCUT2D eigenvalue weighted by atomic mass is 32.2. The van der Waals surface area contributed by atoms with Gasteiger partial charge in [0.15, 0.2) is 5.78 Å². The summed E-state index contributed by atoms with van der Waals surface area (Å²) < 4.78 is 10.5. The number of ketones is 1. The molecule has 26 heavy (non-hydrogen) atoms. The van der Waals surface area contributed by atoms with E-state index in [4.69, 9.17) is 9.15 Å². The molecule has 7 nitrogen and oxygen atoms in total. The summed E-state index contributed by atoms with van der Waals surface area (Å²) in [6.45, 7) is 8.61. The molecule has 1 amide bonds. The van der Waals surface area contributed by atoms with Crippen LogP contribution >= 0.6 is 23.1 Å². The summed E-state index contributed by atoms with van der Waals surface area (Å²) in [5.41, 5.74) is 1.52. The molecule has 2 rings (SSSR count). The average molecular weight is 396 g/mol. The minimum absolute atomic E-state index is 0.0635. The molecule has 0 radical (unpaired) electrons. The SMILES string of the molecule is CCOC(=O)c1c(NC(=O)CSc2nc(C)c(C)o2)sc(C(C)=O)c1C. The first-order chi connectivity index (χ1) is 12.2. The maximum Gasteiger partial charge on any atom is 0.341 e. The van der Waals surface area contributed by atoms with Gasteiger partial charge in [-0.25, -0.2) is 9.78 Å². The quantitative estimate of drug-likeness (QED) is 0.432. The number of hydrogen-bond donors (Lipinski definition) is 1. The van der Waals surface area contributed by atoms with E-state index in [2.05, 4.69) is 10.3 Å². The van der Waals surface area contributed by atoms with Crippen LogP contribution in [0.1, 0.15) is 50.9 Å². The second-order valence-corrected chi connectivity index (χ2v) is 7.44. The Kier molecular flexibility index (Phi) is 6.60. The Hall–Kier alpha value is -2.13. The van der Waals surface area contributed by atoms with Gasteiger partial charge < -0.3 is 14.5 Å². The number of aryl methyl sites for hydroxylation is 2. The molecule has 2 aromatic heterocycles. The van der Waals surface area contributed by atoms with Gasteiger partial charge in [-0.3, -0.25) is 9.59 Å². The number of carbonyl (C=O) groups excluding carboxylic acids is 3. The topological polar surface area (TPSA) is 98.5 Å². The van der Waals surface area contributed by atoms with Gasteiger partial charge in [0.05, 0.1) is 28.5 Å². The lowest BCUT2D eigenvalue weighted by atomic mass is 10.1. The molecule has 0 aliphatic heterocycles. The lowest BCUT2D eigenvalue weighted by molar-refractivity contribution is -0.113. The molecular weight excluding hydrogens is 376 g/mol. The van der Waals surface area contributed by atoms with Crippen molar-refractivity contribution in [2.24, 2.45) is 0 Å². The Morgan fingerprint density at radius 1 is 1.27 bits per heavy atom. The van der Waals surface area contributed by atoms with Gasteiger partial charge in [-0.05, 0) is 40.2 Å². The van der Waals surface area contributed by atoms with Crippen molar-refractivity contribution in [3.05, 3.63) is 27.5 Å². The Bertz CT molecular complexity index is 834. The van der Waals surface area contributed by atoms with Gasteiger partial charge >= 0.3 is 5.97 Å². The van der Waals surface area contributed by atoms with Crippen LogP contribution in [0.15, 0.2) is 9.64 Å². The molecule has 0 saturated heterocycles. The number of thioether (sulfide) groups is 1. The third-order valence-electron chi connectivity index (χ3n) is 3.53. The molecule has 0 aromatic carbocycles. The molecule has 0 spiro atoms. The second kappa shape index (κ2) is 8.50. The largest absolute Gasteiger partial charge is 0.462 e. The maximum absolute atomic E-state index is 12.3. The number of rotatable bonds is 7. The summed E-state index contributed by atoms with van der Waals surface area (Å²) in [7, 11) is 0. The monoisotopic (exact) mass is 396 g/mol. The van der Waals surface area contributed by atoms with Crippen molar-refractivity contribution >= 4 is 45.8 Å². The third kappa shape index (κ3) is 4.53. The van der Waals surface area contributed by atoms with Crippen LogP contribution in [0, 0.1) is 20.8 Å². The van der Waals surface area contributed by atoms with E-state index >= 15 is 0 Å². The van der Waals surface area contributed by atoms with E-state index in [0.717, 1.165) is 28.8 Å². The molecule has 0 saturated carbocycles. The Morgan fingerprint density at radius 2 is 1.96 bits per heavy atom. The molecule has 0 unspecified atom stereocenters. The van der Waals surface area contributed by atoms with E-state index in [1.54, 1.807) is 20.8 Å². The molecule has 0 bridgehead atoms. The van der Waals surface area contributed by atoms with Gasteiger partial charge in [-0.2, -0.15) is 0 Å². The van der Waals surface area contributed by atoms with Crippen molar-refractivity contribution < 1.29 is 23.5 Å². The normalized spacial score (nSPS) is 10.7. The lowest BCUT2D eigenvalue weighted by Crippen LogP contribution is -2.16. The highest BCUT2D eigenvalue weighted by Gasteiger charge is 2.25. The number of hydrogen-bond acceptors (Lipinski definition) is 8. The van der Waals surface area contributed by atoms with Crippen molar-refractivity contribution in [1.82, 2.24) is 4.98 Å². The number of oxazole rings is 1. The van der Waals surface area contributed by atoms with Crippen LogP contribution in [-0.4, -0.2) is 35.0 Å². The van der Waals surface area contributed by atoms with Gasteiger partial charge in [0, 0.05) is 0 Å². The van der Waals surface area contributed by atoms with Crippen LogP contribution in [0.25, 0.3) is 0 Å². The molecule has 9 heteroatoms. The first-order valence-corrected chi connectivity index (χ1v) is 9.72. The standard InChI is InChI=1S/C17H20N2O5S2/c1-6-23-16(22)13-8(2)14(10(4)20)26-15(13)19-12(21)7-25-17-18-9(3)11(5)24-17/h6-7H2,1-5H3,(H,19,21). The molecule has 0 aliphatic carbocycles. The highest BCUT2D eigenvalue weighted by molar-refractivity contribution is 7.99. The van der Waals surface area contributed by atoms with Crippen molar-refractivity contribution in [2.75, 3.05) is 17.7 Å². The number of carbonyl (C=O) groups is 3. The second-order valence-electron chi connectivity index (χ2n) is 5.50. The van der Waals surface area contributed by atoms with E-state index in [-0.39, 0.29) is 29.6 Å². The van der Waals surface area contributed by atoms with Crippen LogP contribution < -0.4 is 5.32 Å². The maximum atomic E-state index is 12.3. The Balaban J connectivity index is 2.16. The predicted molar refractivity (Wildman–Crippen MR) is 100 cm³/mol. The molecule has 1 N–H and O–H groups in total. The molecule has 2 aromatic rings. The van der Waals surface area contributed by atoms with E-state index in [9.17, 15) is 14.4 Å². The fraction of sp³-hybridized carbons (Fsp3) is 0.412. The number of Topliss-reactive ketones (excluding diaryl/α,β-unsaturated/α-hetero) is 1. The summed E-state index contributed by atoms with van der Waals surface area (Å²) in [6, 6.07) is 0. The van der Waals surface area contributed by atoms with Crippen LogP contribution in [0.4, 0.5) is 5.00 Å². The molecule has 140 valence electrons. The van der Waals surface area contributed by atoms with Crippen LogP contribution in [-0.2, 0) is 9.53 Å². The number of nitrogens with zero attached hydrogens (tertiary/aromatic N) is 1. The smallest absolute Gasteiger partial charge is 0.341 e. The molecular formula is C17H20N2O5S2. The summed E-state index contributed by atoms with van der Waals surface area (Å²) in [5, 5.41) is 3.42. The first-order valence-electron chi connectivity index (χ1n) is 7.92. The third-order valence-corrected chi connectivity index (χ3v) is 5.67. The molecule has 2 heterocycles. The van der Waals surface area contributed by atoms with Crippen molar-refractivity contribution in [3.8, 4) is 0 Å². The fourth-order valence-electron chi connectivity index (χ4n) is 2.18. The van der Waals surface area contributed by atoms with Gasteiger partial charge in [0.2, 0.25) is 5.91 Å². The van der Waals surface area contributed by atoms with E-state index in [0.29, 0.717) is 26.4 Å². The average Bonchev–Trinajstić information content (AvgIpc) is 3.05. The predicted octanol–water partition coefficient (Wildman–Crippen LogP) is 3.77. The Labute approximate surface area is 159 Å². The van der Waals surface area contributed by atoms with Crippen molar-refractivity contribution in [1.29, 1.82) is 0 Å². The number of anilines is 1. The van der Waals surface area contributed by atoms with Crippen LogP contribution in [0.2, 0.25) is 0 Å². The molecule has 0 aliphatic rings. The van der Waals surface area contributed by atoms with E-state index in [1.807, 2.05) is 6.92 Å². The van der Waals surface area contributed by atoms with Crippen LogP contribution in [0.5, 0.6) is 0 Å². The zero-order valence-electron chi connectivity index (χ0n) is 15.2. The van der Waals surface area contributed by atoms with Gasteiger partial charge in [-0.15, -0.1) is 11.3 Å². The van der Waals surface area contributed by atoms with E-state index in [1.165, 1.54) is 6.92 Å². The first kappa shape index (κ1) is 20.2. The number of ether oxygens (including phenoxy) is 1. The van der Waals surface area contributed by atoms with Crippen molar-refractivity contribution in [2.45, 2.75) is 39.8 Å². The number of thiophene rings is 1. The van der Waals surface area contributed by atoms with Crippen LogP contribution in [0.3, 0.4) is 0 Å².